The van der Waals surface area contributed by atoms with Gasteiger partial charge in [-0.3, -0.25) is 0 Å². The van der Waals surface area contributed by atoms with Crippen LogP contribution in [0.25, 0.3) is 21.8 Å². The lowest BCUT2D eigenvalue weighted by molar-refractivity contribution is 1.39. The molecule has 0 spiro atoms. The smallest absolute Gasteiger partial charge is 0.126 e. The topological polar surface area (TPSA) is 12.9 Å². The number of aromatic nitrogens is 1. The van der Waals surface area contributed by atoms with E-state index in [1.165, 1.54) is 15.3 Å². The van der Waals surface area contributed by atoms with Crippen molar-refractivity contribution in [3.63, 3.8) is 0 Å². The first-order valence-corrected chi connectivity index (χ1v) is 8.49. The molecule has 0 bridgehead atoms. The summed E-state index contributed by atoms with van der Waals surface area (Å²) in [7, 11) is 0. The second kappa shape index (κ2) is 5.26. The van der Waals surface area contributed by atoms with E-state index in [-0.39, 0.29) is 0 Å². The maximum absolute atomic E-state index is 4.74. The van der Waals surface area contributed by atoms with Crippen molar-refractivity contribution in [2.75, 3.05) is 6.26 Å². The van der Waals surface area contributed by atoms with E-state index in [0.29, 0.717) is 0 Å². The normalized spacial score (nSPS) is 10.7. The third-order valence-corrected chi connectivity index (χ3v) is 5.58. The molecular weight excluding hydrogens is 278 g/mol. The monoisotopic (exact) mass is 289 g/mol. The highest BCUT2D eigenvalue weighted by atomic mass is 32.2. The molecule has 18 heavy (non-hydrogen) atoms. The Balaban J connectivity index is 2.00. The molecule has 2 aromatic heterocycles. The summed E-state index contributed by atoms with van der Waals surface area (Å²) >= 11 is 5.28. The molecule has 0 amide bonds. The van der Waals surface area contributed by atoms with E-state index in [1.54, 1.807) is 34.4 Å². The molecule has 0 saturated carbocycles. The summed E-state index contributed by atoms with van der Waals surface area (Å²) in [6.45, 7) is 0. The van der Waals surface area contributed by atoms with Gasteiger partial charge in [0.05, 0.1) is 9.90 Å². The van der Waals surface area contributed by atoms with Crippen LogP contribution in [0.3, 0.4) is 0 Å². The molecule has 1 aromatic carbocycles. The number of hydrogen-bond acceptors (Lipinski definition) is 4. The third-order valence-electron chi connectivity index (χ3n) is 2.62. The van der Waals surface area contributed by atoms with Gasteiger partial charge in [-0.2, -0.15) is 0 Å². The zero-order valence-corrected chi connectivity index (χ0v) is 12.2. The summed E-state index contributed by atoms with van der Waals surface area (Å²) in [4.78, 5) is 4.74. The Morgan fingerprint density at radius 3 is 2.67 bits per heavy atom. The van der Waals surface area contributed by atoms with Crippen molar-refractivity contribution in [2.45, 2.75) is 4.21 Å². The second-order valence-electron chi connectivity index (χ2n) is 3.73. The average Bonchev–Trinajstić information content (AvgIpc) is 3.08. The minimum absolute atomic E-state index is 1.06. The Labute approximate surface area is 119 Å². The first-order chi connectivity index (χ1) is 8.88. The van der Waals surface area contributed by atoms with Crippen LogP contribution in [-0.2, 0) is 0 Å². The molecule has 0 fully saturated rings. The van der Waals surface area contributed by atoms with Crippen LogP contribution in [0.1, 0.15) is 0 Å². The van der Waals surface area contributed by atoms with Gasteiger partial charge in [-0.1, -0.05) is 30.3 Å². The molecule has 1 nitrogen and oxygen atoms in total. The average molecular weight is 289 g/mol. The van der Waals surface area contributed by atoms with E-state index in [9.17, 15) is 0 Å². The lowest BCUT2D eigenvalue weighted by Gasteiger charge is -1.96. The van der Waals surface area contributed by atoms with Crippen molar-refractivity contribution in [1.29, 1.82) is 0 Å². The Kier molecular flexibility index (Phi) is 3.50. The third kappa shape index (κ3) is 2.23. The van der Waals surface area contributed by atoms with Crippen LogP contribution < -0.4 is 0 Å². The Morgan fingerprint density at radius 2 is 1.89 bits per heavy atom. The lowest BCUT2D eigenvalue weighted by atomic mass is 10.2. The molecular formula is C14H11NS3. The molecule has 2 heterocycles. The highest BCUT2D eigenvalue weighted by Gasteiger charge is 2.11. The van der Waals surface area contributed by atoms with Crippen LogP contribution in [0.15, 0.2) is 51.4 Å². The first-order valence-electron chi connectivity index (χ1n) is 5.51. The van der Waals surface area contributed by atoms with Gasteiger partial charge in [0.2, 0.25) is 0 Å². The molecule has 0 atom stereocenters. The minimum Gasteiger partial charge on any atom is -0.236 e. The van der Waals surface area contributed by atoms with Crippen LogP contribution in [0.5, 0.6) is 0 Å². The number of nitrogens with zero attached hydrogens (tertiary/aromatic N) is 1. The van der Waals surface area contributed by atoms with Gasteiger partial charge in [0.25, 0.3) is 0 Å². The maximum atomic E-state index is 4.74. The molecule has 0 saturated heterocycles. The molecule has 0 aliphatic heterocycles. The van der Waals surface area contributed by atoms with Gasteiger partial charge >= 0.3 is 0 Å². The van der Waals surface area contributed by atoms with E-state index in [1.807, 2.05) is 18.2 Å². The number of thioether (sulfide) groups is 1. The number of benzene rings is 1. The molecule has 3 rings (SSSR count). The van der Waals surface area contributed by atoms with E-state index >= 15 is 0 Å². The Morgan fingerprint density at radius 1 is 1.06 bits per heavy atom. The standard InChI is InChI=1S/C14H11NS3/c1-16-14-11(7-8-17-14)13-15-12(9-18-13)10-5-3-2-4-6-10/h2-9H,1H3. The Bertz CT molecular complexity index is 640. The predicted molar refractivity (Wildman–Crippen MR) is 82.6 cm³/mol. The molecule has 0 N–H and O–H groups in total. The van der Waals surface area contributed by atoms with Gasteiger partial charge < -0.3 is 0 Å². The molecule has 0 unspecified atom stereocenters. The quantitative estimate of drug-likeness (QED) is 0.610. The summed E-state index contributed by atoms with van der Waals surface area (Å²) in [6, 6.07) is 12.5. The lowest BCUT2D eigenvalue weighted by Crippen LogP contribution is -1.78. The van der Waals surface area contributed by atoms with Crippen LogP contribution in [0.4, 0.5) is 0 Å². The van der Waals surface area contributed by atoms with Crippen molar-refractivity contribution < 1.29 is 0 Å². The molecule has 0 aliphatic carbocycles. The first kappa shape index (κ1) is 12.0. The van der Waals surface area contributed by atoms with Crippen molar-refractivity contribution >= 4 is 34.4 Å². The number of hydrogen-bond donors (Lipinski definition) is 0. The number of thiophene rings is 1. The summed E-state index contributed by atoms with van der Waals surface area (Å²) < 4.78 is 1.34. The van der Waals surface area contributed by atoms with Crippen molar-refractivity contribution in [3.8, 4) is 21.8 Å². The van der Waals surface area contributed by atoms with Gasteiger partial charge in [0.15, 0.2) is 0 Å². The van der Waals surface area contributed by atoms with E-state index in [0.717, 1.165) is 10.7 Å². The summed E-state index contributed by atoms with van der Waals surface area (Å²) in [5.41, 5.74) is 3.51. The van der Waals surface area contributed by atoms with Gasteiger partial charge in [-0.05, 0) is 17.7 Å². The van der Waals surface area contributed by atoms with E-state index < -0.39 is 0 Å². The van der Waals surface area contributed by atoms with Crippen molar-refractivity contribution in [1.82, 2.24) is 4.98 Å². The molecule has 4 heteroatoms. The fraction of sp³-hybridized carbons (Fsp3) is 0.0714. The van der Waals surface area contributed by atoms with Crippen LogP contribution >= 0.6 is 34.4 Å². The van der Waals surface area contributed by atoms with Gasteiger partial charge in [0.1, 0.15) is 5.01 Å². The summed E-state index contributed by atoms with van der Waals surface area (Å²) in [5.74, 6) is 0. The van der Waals surface area contributed by atoms with Crippen LogP contribution in [0, 0.1) is 0 Å². The zero-order valence-electron chi connectivity index (χ0n) is 9.79. The van der Waals surface area contributed by atoms with Crippen LogP contribution in [0.2, 0.25) is 0 Å². The van der Waals surface area contributed by atoms with Gasteiger partial charge in [0, 0.05) is 16.5 Å². The molecule has 90 valence electrons. The SMILES string of the molecule is CSc1sccc1-c1nc(-c2ccccc2)cs1. The summed E-state index contributed by atoms with van der Waals surface area (Å²) in [5, 5.41) is 5.37. The highest BCUT2D eigenvalue weighted by Crippen LogP contribution is 2.37. The second-order valence-corrected chi connectivity index (χ2v) is 6.58. The van der Waals surface area contributed by atoms with E-state index in [4.69, 9.17) is 4.98 Å². The van der Waals surface area contributed by atoms with Crippen LogP contribution in [-0.4, -0.2) is 11.2 Å². The van der Waals surface area contributed by atoms with Crippen molar-refractivity contribution in [3.05, 3.63) is 47.2 Å². The largest absolute Gasteiger partial charge is 0.236 e. The number of rotatable bonds is 3. The zero-order chi connectivity index (χ0) is 12.4. The fourth-order valence-corrected chi connectivity index (χ4v) is 4.30. The predicted octanol–water partition coefficient (Wildman–Crippen LogP) is 5.26. The molecule has 3 aromatic rings. The minimum atomic E-state index is 1.06. The fourth-order valence-electron chi connectivity index (χ4n) is 1.75. The molecule has 0 radical (unpaired) electrons. The summed E-state index contributed by atoms with van der Waals surface area (Å²) in [6.07, 6.45) is 2.11. The Hall–Kier alpha value is -1.10. The number of thiazole rings is 1. The maximum Gasteiger partial charge on any atom is 0.126 e. The highest BCUT2D eigenvalue weighted by molar-refractivity contribution is 8.00. The molecule has 0 aliphatic rings. The van der Waals surface area contributed by atoms with E-state index in [2.05, 4.69) is 35.2 Å². The van der Waals surface area contributed by atoms with Crippen molar-refractivity contribution in [2.24, 2.45) is 0 Å². The van der Waals surface area contributed by atoms with Gasteiger partial charge in [-0.25, -0.2) is 4.98 Å². The van der Waals surface area contributed by atoms with Gasteiger partial charge in [-0.15, -0.1) is 34.4 Å².